The SMILES string of the molecule is CCOC(=O)CNC(=O)CSc1nnc(NC(=O)c2cc(C)cc(C)c2)s1. The molecule has 2 aromatic rings. The van der Waals surface area contributed by atoms with Crippen molar-refractivity contribution >= 4 is 46.0 Å². The molecule has 0 aliphatic heterocycles. The second kappa shape index (κ2) is 10.0. The number of thioether (sulfide) groups is 1. The number of carbonyl (C=O) groups is 3. The van der Waals surface area contributed by atoms with E-state index >= 15 is 0 Å². The Balaban J connectivity index is 1.83. The van der Waals surface area contributed by atoms with Gasteiger partial charge in [0.15, 0.2) is 4.34 Å². The van der Waals surface area contributed by atoms with E-state index < -0.39 is 5.97 Å². The second-order valence-electron chi connectivity index (χ2n) is 5.57. The van der Waals surface area contributed by atoms with Crippen molar-refractivity contribution in [2.45, 2.75) is 25.1 Å². The number of benzene rings is 1. The van der Waals surface area contributed by atoms with Gasteiger partial charge in [-0.15, -0.1) is 10.2 Å². The molecule has 27 heavy (non-hydrogen) atoms. The summed E-state index contributed by atoms with van der Waals surface area (Å²) >= 11 is 2.35. The summed E-state index contributed by atoms with van der Waals surface area (Å²) in [7, 11) is 0. The molecule has 0 unspecified atom stereocenters. The Bertz CT molecular complexity index is 818. The molecule has 0 aliphatic carbocycles. The minimum absolute atomic E-state index is 0.0824. The topological polar surface area (TPSA) is 110 Å². The summed E-state index contributed by atoms with van der Waals surface area (Å²) in [6, 6.07) is 5.59. The highest BCUT2D eigenvalue weighted by molar-refractivity contribution is 8.01. The Labute approximate surface area is 165 Å². The maximum Gasteiger partial charge on any atom is 0.325 e. The zero-order valence-electron chi connectivity index (χ0n) is 15.2. The molecule has 10 heteroatoms. The standard InChI is InChI=1S/C17H20N4O4S2/c1-4-25-14(23)8-18-13(22)9-26-17-21-20-16(27-17)19-15(24)12-6-10(2)5-11(3)7-12/h5-7H,4,8-9H2,1-3H3,(H,18,22)(H,19,20,24). The van der Waals surface area contributed by atoms with E-state index in [1.54, 1.807) is 19.1 Å². The molecule has 0 bridgehead atoms. The first-order chi connectivity index (χ1) is 12.9. The van der Waals surface area contributed by atoms with E-state index in [9.17, 15) is 14.4 Å². The Morgan fingerprint density at radius 1 is 1.15 bits per heavy atom. The van der Waals surface area contributed by atoms with Crippen LogP contribution in [0.15, 0.2) is 22.5 Å². The third-order valence-corrected chi connectivity index (χ3v) is 5.14. The molecule has 1 heterocycles. The third kappa shape index (κ3) is 6.99. The highest BCUT2D eigenvalue weighted by atomic mass is 32.2. The van der Waals surface area contributed by atoms with Crippen molar-refractivity contribution in [1.82, 2.24) is 15.5 Å². The number of rotatable bonds is 8. The average Bonchev–Trinajstić information content (AvgIpc) is 3.05. The van der Waals surface area contributed by atoms with Crippen molar-refractivity contribution in [3.05, 3.63) is 34.9 Å². The predicted molar refractivity (Wildman–Crippen MR) is 104 cm³/mol. The van der Waals surface area contributed by atoms with E-state index in [-0.39, 0.29) is 30.7 Å². The monoisotopic (exact) mass is 408 g/mol. The molecule has 0 radical (unpaired) electrons. The van der Waals surface area contributed by atoms with Gasteiger partial charge in [0, 0.05) is 5.56 Å². The number of hydrogen-bond donors (Lipinski definition) is 2. The molecule has 0 saturated heterocycles. The maximum absolute atomic E-state index is 12.3. The average molecular weight is 409 g/mol. The van der Waals surface area contributed by atoms with Gasteiger partial charge >= 0.3 is 5.97 Å². The number of hydrogen-bond acceptors (Lipinski definition) is 8. The number of carbonyl (C=O) groups excluding carboxylic acids is 3. The highest BCUT2D eigenvalue weighted by Crippen LogP contribution is 2.25. The summed E-state index contributed by atoms with van der Waals surface area (Å²) < 4.78 is 5.26. The van der Waals surface area contributed by atoms with Crippen LogP contribution in [0.5, 0.6) is 0 Å². The van der Waals surface area contributed by atoms with E-state index in [4.69, 9.17) is 4.74 Å². The van der Waals surface area contributed by atoms with Gasteiger partial charge in [0.1, 0.15) is 6.54 Å². The van der Waals surface area contributed by atoms with Crippen LogP contribution in [0.2, 0.25) is 0 Å². The molecule has 0 aliphatic rings. The highest BCUT2D eigenvalue weighted by Gasteiger charge is 2.13. The van der Waals surface area contributed by atoms with E-state index in [1.165, 1.54) is 23.1 Å². The molecule has 1 aromatic carbocycles. The zero-order chi connectivity index (χ0) is 19.8. The summed E-state index contributed by atoms with van der Waals surface area (Å²) in [4.78, 5) is 35.2. The number of ether oxygens (including phenoxy) is 1. The molecule has 2 rings (SSSR count). The lowest BCUT2D eigenvalue weighted by atomic mass is 10.1. The summed E-state index contributed by atoms with van der Waals surface area (Å²) in [5, 5.41) is 13.4. The Kier molecular flexibility index (Phi) is 7.74. The van der Waals surface area contributed by atoms with Gasteiger partial charge in [-0.1, -0.05) is 40.3 Å². The molecule has 1 aromatic heterocycles. The van der Waals surface area contributed by atoms with Crippen molar-refractivity contribution < 1.29 is 19.1 Å². The molecule has 2 N–H and O–H groups in total. The van der Waals surface area contributed by atoms with Gasteiger partial charge in [-0.05, 0) is 32.9 Å². The normalized spacial score (nSPS) is 10.3. The fourth-order valence-electron chi connectivity index (χ4n) is 2.15. The van der Waals surface area contributed by atoms with Crippen LogP contribution in [0.3, 0.4) is 0 Å². The fraction of sp³-hybridized carbons (Fsp3) is 0.353. The van der Waals surface area contributed by atoms with Crippen LogP contribution in [0.4, 0.5) is 5.13 Å². The van der Waals surface area contributed by atoms with Gasteiger partial charge in [-0.3, -0.25) is 19.7 Å². The van der Waals surface area contributed by atoms with Gasteiger partial charge in [-0.25, -0.2) is 0 Å². The summed E-state index contributed by atoms with van der Waals surface area (Å²) in [6.45, 7) is 5.65. The molecule has 144 valence electrons. The van der Waals surface area contributed by atoms with Crippen LogP contribution in [-0.2, 0) is 14.3 Å². The molecule has 0 fully saturated rings. The Morgan fingerprint density at radius 3 is 2.52 bits per heavy atom. The Hall–Kier alpha value is -2.46. The first-order valence-corrected chi connectivity index (χ1v) is 9.96. The van der Waals surface area contributed by atoms with Gasteiger partial charge in [0.2, 0.25) is 11.0 Å². The molecule has 0 spiro atoms. The zero-order valence-corrected chi connectivity index (χ0v) is 16.8. The van der Waals surface area contributed by atoms with E-state index in [0.29, 0.717) is 15.0 Å². The number of nitrogens with one attached hydrogen (secondary N) is 2. The van der Waals surface area contributed by atoms with Crippen molar-refractivity contribution in [1.29, 1.82) is 0 Å². The minimum atomic E-state index is -0.483. The molecule has 8 nitrogen and oxygen atoms in total. The lowest BCUT2D eigenvalue weighted by molar-refractivity contribution is -0.143. The molecule has 0 saturated carbocycles. The predicted octanol–water partition coefficient (Wildman–Crippen LogP) is 2.18. The summed E-state index contributed by atoms with van der Waals surface area (Å²) in [6.07, 6.45) is 0. The number of esters is 1. The first-order valence-electron chi connectivity index (χ1n) is 8.15. The first kappa shape index (κ1) is 20.8. The van der Waals surface area contributed by atoms with Crippen LogP contribution in [0, 0.1) is 13.8 Å². The van der Waals surface area contributed by atoms with Gasteiger partial charge in [0.05, 0.1) is 12.4 Å². The van der Waals surface area contributed by atoms with Crippen molar-refractivity contribution in [2.75, 3.05) is 24.2 Å². The molecule has 2 amide bonds. The van der Waals surface area contributed by atoms with Gasteiger partial charge < -0.3 is 10.1 Å². The van der Waals surface area contributed by atoms with Crippen molar-refractivity contribution in [2.24, 2.45) is 0 Å². The number of amides is 2. The number of aromatic nitrogens is 2. The van der Waals surface area contributed by atoms with E-state index in [0.717, 1.165) is 11.1 Å². The maximum atomic E-state index is 12.3. The van der Waals surface area contributed by atoms with Crippen LogP contribution in [-0.4, -0.2) is 46.9 Å². The number of nitrogens with zero attached hydrogens (tertiary/aromatic N) is 2. The van der Waals surface area contributed by atoms with Gasteiger partial charge in [0.25, 0.3) is 5.91 Å². The smallest absolute Gasteiger partial charge is 0.325 e. The lowest BCUT2D eigenvalue weighted by Gasteiger charge is -2.04. The van der Waals surface area contributed by atoms with Crippen molar-refractivity contribution in [3.8, 4) is 0 Å². The molecular weight excluding hydrogens is 388 g/mol. The third-order valence-electron chi connectivity index (χ3n) is 3.17. The fourth-order valence-corrected chi connectivity index (χ4v) is 3.73. The van der Waals surface area contributed by atoms with Gasteiger partial charge in [-0.2, -0.15) is 0 Å². The second-order valence-corrected chi connectivity index (χ2v) is 7.77. The molecule has 0 atom stereocenters. The van der Waals surface area contributed by atoms with Crippen LogP contribution in [0.1, 0.15) is 28.4 Å². The number of aryl methyl sites for hydroxylation is 2. The molecular formula is C17H20N4O4S2. The van der Waals surface area contributed by atoms with Crippen LogP contribution in [0.25, 0.3) is 0 Å². The number of anilines is 1. The Morgan fingerprint density at radius 2 is 1.85 bits per heavy atom. The van der Waals surface area contributed by atoms with Crippen molar-refractivity contribution in [3.63, 3.8) is 0 Å². The van der Waals surface area contributed by atoms with Crippen LogP contribution >= 0.6 is 23.1 Å². The quantitative estimate of drug-likeness (QED) is 0.391. The van der Waals surface area contributed by atoms with E-state index in [2.05, 4.69) is 20.8 Å². The minimum Gasteiger partial charge on any atom is -0.465 e. The van der Waals surface area contributed by atoms with Crippen LogP contribution < -0.4 is 10.6 Å². The summed E-state index contributed by atoms with van der Waals surface area (Å²) in [5.41, 5.74) is 2.56. The summed E-state index contributed by atoms with van der Waals surface area (Å²) in [5.74, 6) is -0.979. The van der Waals surface area contributed by atoms with E-state index in [1.807, 2.05) is 19.9 Å². The lowest BCUT2D eigenvalue weighted by Crippen LogP contribution is -2.31. The largest absolute Gasteiger partial charge is 0.465 e.